The summed E-state index contributed by atoms with van der Waals surface area (Å²) in [6, 6.07) is 0.418. The van der Waals surface area contributed by atoms with Crippen molar-refractivity contribution in [2.24, 2.45) is 5.92 Å². The molecule has 0 aliphatic heterocycles. The van der Waals surface area contributed by atoms with E-state index in [-0.39, 0.29) is 0 Å². The lowest BCUT2D eigenvalue weighted by atomic mass is 10.0. The molecule has 0 spiro atoms. The molecule has 0 saturated heterocycles. The van der Waals surface area contributed by atoms with Gasteiger partial charge in [0.1, 0.15) is 0 Å². The summed E-state index contributed by atoms with van der Waals surface area (Å²) in [7, 11) is 0. The first kappa shape index (κ1) is 10.7. The van der Waals surface area contributed by atoms with E-state index >= 15 is 0 Å². The van der Waals surface area contributed by atoms with Crippen LogP contribution in [0.2, 0.25) is 5.15 Å². The van der Waals surface area contributed by atoms with Gasteiger partial charge in [-0.05, 0) is 12.3 Å². The molecule has 1 heterocycles. The summed E-state index contributed by atoms with van der Waals surface area (Å²) < 4.78 is 7.97. The van der Waals surface area contributed by atoms with E-state index in [0.717, 1.165) is 18.1 Å². The van der Waals surface area contributed by atoms with E-state index in [2.05, 4.69) is 34.8 Å². The third-order valence-corrected chi connectivity index (χ3v) is 2.91. The van der Waals surface area contributed by atoms with E-state index < -0.39 is 0 Å². The summed E-state index contributed by atoms with van der Waals surface area (Å²) in [5.41, 5.74) is 0. The number of hydrogen-bond donors (Lipinski definition) is 1. The van der Waals surface area contributed by atoms with Crippen LogP contribution in [0.5, 0.6) is 0 Å². The van der Waals surface area contributed by atoms with Crippen LogP contribution in [0.1, 0.15) is 27.2 Å². The van der Waals surface area contributed by atoms with Crippen LogP contribution in [0.4, 0.5) is 5.82 Å². The van der Waals surface area contributed by atoms with Gasteiger partial charge in [-0.15, -0.1) is 0 Å². The molecule has 1 atom stereocenters. The number of aromatic nitrogens is 2. The molecule has 0 aromatic carbocycles. The molecular formula is C8H14ClN3S. The predicted molar refractivity (Wildman–Crippen MR) is 57.5 cm³/mol. The molecule has 0 bridgehead atoms. The van der Waals surface area contributed by atoms with Gasteiger partial charge < -0.3 is 5.32 Å². The lowest BCUT2D eigenvalue weighted by molar-refractivity contribution is 0.510. The molecule has 0 fully saturated rings. The molecule has 0 saturated carbocycles. The summed E-state index contributed by atoms with van der Waals surface area (Å²) in [5, 5.41) is 3.76. The maximum Gasteiger partial charge on any atom is 0.186 e. The minimum absolute atomic E-state index is 0.418. The van der Waals surface area contributed by atoms with Crippen LogP contribution in [0, 0.1) is 5.92 Å². The number of nitrogens with zero attached hydrogens (tertiary/aromatic N) is 2. The summed E-state index contributed by atoms with van der Waals surface area (Å²) in [6.07, 6.45) is 1.06. The fraction of sp³-hybridized carbons (Fsp3) is 0.750. The molecule has 1 unspecified atom stereocenters. The number of nitrogens with one attached hydrogen (secondary N) is 1. The summed E-state index contributed by atoms with van der Waals surface area (Å²) >= 11 is 6.96. The highest BCUT2D eigenvalue weighted by molar-refractivity contribution is 6.99. The number of anilines is 1. The van der Waals surface area contributed by atoms with Gasteiger partial charge in [0.05, 0.1) is 11.7 Å². The number of rotatable bonds is 4. The highest BCUT2D eigenvalue weighted by atomic mass is 35.5. The van der Waals surface area contributed by atoms with E-state index in [0.29, 0.717) is 22.9 Å². The van der Waals surface area contributed by atoms with Gasteiger partial charge in [-0.3, -0.25) is 0 Å². The van der Waals surface area contributed by atoms with Gasteiger partial charge in [-0.25, -0.2) is 0 Å². The topological polar surface area (TPSA) is 37.8 Å². The standard InChI is InChI=1S/C8H14ClN3S/c1-4-6(5(2)3)10-8-7(9)11-13-12-8/h5-6H,4H2,1-3H3,(H,10,12). The van der Waals surface area contributed by atoms with E-state index in [1.165, 1.54) is 0 Å². The predicted octanol–water partition coefficient (Wildman–Crippen LogP) is 3.04. The van der Waals surface area contributed by atoms with Gasteiger partial charge >= 0.3 is 0 Å². The zero-order valence-corrected chi connectivity index (χ0v) is 9.61. The van der Waals surface area contributed by atoms with Crippen molar-refractivity contribution >= 4 is 29.1 Å². The maximum absolute atomic E-state index is 5.82. The first-order valence-corrected chi connectivity index (χ1v) is 5.50. The van der Waals surface area contributed by atoms with Crippen molar-refractivity contribution in [3.05, 3.63) is 5.15 Å². The minimum atomic E-state index is 0.418. The normalized spacial score (nSPS) is 13.3. The van der Waals surface area contributed by atoms with Crippen molar-refractivity contribution in [3.8, 4) is 0 Å². The van der Waals surface area contributed by atoms with E-state index in [1.54, 1.807) is 0 Å². The smallest absolute Gasteiger partial charge is 0.186 e. The molecule has 1 aromatic rings. The number of halogens is 1. The van der Waals surface area contributed by atoms with E-state index in [9.17, 15) is 0 Å². The van der Waals surface area contributed by atoms with Crippen molar-refractivity contribution in [1.82, 2.24) is 8.75 Å². The maximum atomic E-state index is 5.82. The van der Waals surface area contributed by atoms with Crippen molar-refractivity contribution in [3.63, 3.8) is 0 Å². The molecule has 1 N–H and O–H groups in total. The Balaban J connectivity index is 2.62. The molecule has 13 heavy (non-hydrogen) atoms. The molecule has 1 rings (SSSR count). The van der Waals surface area contributed by atoms with Gasteiger partial charge in [0.2, 0.25) is 0 Å². The highest BCUT2D eigenvalue weighted by Gasteiger charge is 2.14. The average molecular weight is 220 g/mol. The molecule has 0 amide bonds. The van der Waals surface area contributed by atoms with Crippen LogP contribution in [-0.4, -0.2) is 14.8 Å². The van der Waals surface area contributed by atoms with Gasteiger partial charge in [0.25, 0.3) is 0 Å². The first-order valence-electron chi connectivity index (χ1n) is 4.39. The van der Waals surface area contributed by atoms with Crippen LogP contribution in [-0.2, 0) is 0 Å². The second-order valence-corrected chi connectivity index (χ2v) is 4.19. The van der Waals surface area contributed by atoms with Crippen LogP contribution < -0.4 is 5.32 Å². The Bertz CT molecular complexity index is 262. The van der Waals surface area contributed by atoms with Crippen molar-refractivity contribution in [2.75, 3.05) is 5.32 Å². The van der Waals surface area contributed by atoms with Crippen molar-refractivity contribution in [2.45, 2.75) is 33.2 Å². The average Bonchev–Trinajstić information content (AvgIpc) is 2.46. The molecule has 5 heteroatoms. The fourth-order valence-electron chi connectivity index (χ4n) is 1.18. The highest BCUT2D eigenvalue weighted by Crippen LogP contribution is 2.21. The van der Waals surface area contributed by atoms with Crippen LogP contribution in [0.15, 0.2) is 0 Å². The van der Waals surface area contributed by atoms with Crippen LogP contribution in [0.3, 0.4) is 0 Å². The van der Waals surface area contributed by atoms with Gasteiger partial charge in [-0.1, -0.05) is 32.4 Å². The second kappa shape index (κ2) is 4.77. The zero-order valence-electron chi connectivity index (χ0n) is 8.04. The molecule has 1 aromatic heterocycles. The summed E-state index contributed by atoms with van der Waals surface area (Å²) in [4.78, 5) is 0. The van der Waals surface area contributed by atoms with Gasteiger partial charge in [-0.2, -0.15) is 8.75 Å². The third kappa shape index (κ3) is 2.81. The SMILES string of the molecule is CCC(Nc1nsnc1Cl)C(C)C. The number of hydrogen-bond acceptors (Lipinski definition) is 4. The van der Waals surface area contributed by atoms with Gasteiger partial charge in [0, 0.05) is 6.04 Å². The quantitative estimate of drug-likeness (QED) is 0.846. The Kier molecular flexibility index (Phi) is 3.93. The van der Waals surface area contributed by atoms with Crippen molar-refractivity contribution < 1.29 is 0 Å². The summed E-state index contributed by atoms with van der Waals surface area (Å²) in [6.45, 7) is 6.50. The Labute approximate surface area is 87.8 Å². The molecular weight excluding hydrogens is 206 g/mol. The Morgan fingerprint density at radius 2 is 2.15 bits per heavy atom. The lowest BCUT2D eigenvalue weighted by Gasteiger charge is -2.20. The Morgan fingerprint density at radius 1 is 1.46 bits per heavy atom. The second-order valence-electron chi connectivity index (χ2n) is 3.31. The Hall–Kier alpha value is -0.350. The largest absolute Gasteiger partial charge is 0.364 e. The van der Waals surface area contributed by atoms with Crippen LogP contribution in [0.25, 0.3) is 0 Å². The lowest BCUT2D eigenvalue weighted by Crippen LogP contribution is -2.24. The molecule has 0 radical (unpaired) electrons. The Morgan fingerprint density at radius 3 is 2.54 bits per heavy atom. The molecule has 74 valence electrons. The van der Waals surface area contributed by atoms with E-state index in [1.807, 2.05) is 0 Å². The van der Waals surface area contributed by atoms with Crippen molar-refractivity contribution in [1.29, 1.82) is 0 Å². The molecule has 0 aliphatic carbocycles. The monoisotopic (exact) mass is 219 g/mol. The van der Waals surface area contributed by atoms with Gasteiger partial charge in [0.15, 0.2) is 11.0 Å². The molecule has 0 aliphatic rings. The summed E-state index contributed by atoms with van der Waals surface area (Å²) in [5.74, 6) is 1.29. The zero-order chi connectivity index (χ0) is 9.84. The first-order chi connectivity index (χ1) is 6.15. The van der Waals surface area contributed by atoms with E-state index in [4.69, 9.17) is 11.6 Å². The fourth-order valence-corrected chi connectivity index (χ4v) is 1.84. The minimum Gasteiger partial charge on any atom is -0.364 e. The molecule has 3 nitrogen and oxygen atoms in total. The third-order valence-electron chi connectivity index (χ3n) is 2.02. The van der Waals surface area contributed by atoms with Crippen LogP contribution >= 0.6 is 23.3 Å².